The van der Waals surface area contributed by atoms with E-state index >= 15 is 0 Å². The van der Waals surface area contributed by atoms with Crippen molar-refractivity contribution in [3.63, 3.8) is 0 Å². The van der Waals surface area contributed by atoms with E-state index in [2.05, 4.69) is 15.5 Å². The molecule has 0 radical (unpaired) electrons. The average Bonchev–Trinajstić information content (AvgIpc) is 3.56. The average molecular weight is 559 g/mol. The van der Waals surface area contributed by atoms with Gasteiger partial charge in [0.1, 0.15) is 11.6 Å². The third-order valence-electron chi connectivity index (χ3n) is 7.85. The molecular weight excluding hydrogens is 523 g/mol. The number of rotatable bonds is 8. The van der Waals surface area contributed by atoms with E-state index in [0.29, 0.717) is 48.7 Å². The molecule has 0 aromatic heterocycles. The van der Waals surface area contributed by atoms with Crippen LogP contribution < -0.4 is 20.3 Å². The van der Waals surface area contributed by atoms with Crippen LogP contribution in [0.4, 0.5) is 15.8 Å². The number of ether oxygens (including phenoxy) is 1. The van der Waals surface area contributed by atoms with Gasteiger partial charge in [0.15, 0.2) is 0 Å². The maximum Gasteiger partial charge on any atom is 0.253 e. The first-order valence-corrected chi connectivity index (χ1v) is 14.1. The van der Waals surface area contributed by atoms with Gasteiger partial charge in [0, 0.05) is 55.6 Å². The Labute approximate surface area is 239 Å². The smallest absolute Gasteiger partial charge is 0.253 e. The van der Waals surface area contributed by atoms with Crippen molar-refractivity contribution in [2.24, 2.45) is 5.92 Å². The number of hydrogen-bond donors (Lipinski definition) is 2. The summed E-state index contributed by atoms with van der Waals surface area (Å²) in [6.45, 7) is 2.34. The predicted molar refractivity (Wildman–Crippen MR) is 156 cm³/mol. The second-order valence-corrected chi connectivity index (χ2v) is 10.5. The number of halogens is 1. The second-order valence-electron chi connectivity index (χ2n) is 10.5. The highest BCUT2D eigenvalue weighted by atomic mass is 19.1. The maximum absolute atomic E-state index is 13.5. The lowest BCUT2D eigenvalue weighted by molar-refractivity contribution is -0.119. The van der Waals surface area contributed by atoms with Gasteiger partial charge in [-0.2, -0.15) is 0 Å². The van der Waals surface area contributed by atoms with Crippen LogP contribution in [-0.4, -0.2) is 55.9 Å². The molecule has 2 aliphatic rings. The molecule has 214 valence electrons. The Morgan fingerprint density at radius 3 is 2.24 bits per heavy atom. The van der Waals surface area contributed by atoms with Gasteiger partial charge in [-0.15, -0.1) is 0 Å². The van der Waals surface area contributed by atoms with Gasteiger partial charge in [-0.25, -0.2) is 4.39 Å². The van der Waals surface area contributed by atoms with Gasteiger partial charge in [0.05, 0.1) is 12.7 Å². The van der Waals surface area contributed by atoms with Crippen LogP contribution in [0, 0.1) is 11.7 Å². The van der Waals surface area contributed by atoms with E-state index in [1.807, 2.05) is 17.0 Å². The number of methoxy groups -OCH3 is 1. The number of hydrogen-bond acceptors (Lipinski definition) is 5. The van der Waals surface area contributed by atoms with Crippen molar-refractivity contribution >= 4 is 29.1 Å². The number of piperazine rings is 1. The fourth-order valence-corrected chi connectivity index (χ4v) is 5.45. The predicted octanol–water partition coefficient (Wildman–Crippen LogP) is 4.86. The van der Waals surface area contributed by atoms with E-state index in [1.165, 1.54) is 12.1 Å². The van der Waals surface area contributed by atoms with Gasteiger partial charge >= 0.3 is 0 Å². The molecule has 1 saturated carbocycles. The molecule has 2 fully saturated rings. The second kappa shape index (κ2) is 12.8. The first kappa shape index (κ1) is 28.1. The normalized spacial score (nSPS) is 15.5. The number of benzene rings is 3. The Kier molecular flexibility index (Phi) is 8.82. The quantitative estimate of drug-likeness (QED) is 0.412. The summed E-state index contributed by atoms with van der Waals surface area (Å²) >= 11 is 0. The molecule has 41 heavy (non-hydrogen) atoms. The highest BCUT2D eigenvalue weighted by molar-refractivity contribution is 6.02. The summed E-state index contributed by atoms with van der Waals surface area (Å²) in [4.78, 5) is 43.2. The van der Waals surface area contributed by atoms with Gasteiger partial charge in [-0.1, -0.05) is 25.0 Å². The minimum absolute atomic E-state index is 0.00162. The summed E-state index contributed by atoms with van der Waals surface area (Å²) in [5.41, 5.74) is 3.12. The molecule has 3 amide bonds. The topological polar surface area (TPSA) is 91.0 Å². The lowest BCUT2D eigenvalue weighted by atomic mass is 10.1. The molecule has 8 nitrogen and oxygen atoms in total. The lowest BCUT2D eigenvalue weighted by Crippen LogP contribution is -2.49. The van der Waals surface area contributed by atoms with Crippen LogP contribution in [0.15, 0.2) is 66.7 Å². The Hall–Kier alpha value is -4.40. The molecule has 1 aliphatic carbocycles. The summed E-state index contributed by atoms with van der Waals surface area (Å²) in [7, 11) is 1.59. The number of nitrogens with one attached hydrogen (secondary N) is 2. The molecule has 5 rings (SSSR count). The van der Waals surface area contributed by atoms with Gasteiger partial charge in [-0.05, 0) is 73.0 Å². The molecule has 9 heteroatoms. The van der Waals surface area contributed by atoms with E-state index in [1.54, 1.807) is 49.6 Å². The van der Waals surface area contributed by atoms with Crippen molar-refractivity contribution in [3.8, 4) is 5.75 Å². The summed E-state index contributed by atoms with van der Waals surface area (Å²) in [6, 6.07) is 18.5. The number of anilines is 2. The Morgan fingerprint density at radius 2 is 1.59 bits per heavy atom. The van der Waals surface area contributed by atoms with Crippen molar-refractivity contribution in [2.45, 2.75) is 32.2 Å². The summed E-state index contributed by atoms with van der Waals surface area (Å²) in [5.74, 6) is 0.00468. The number of amides is 3. The van der Waals surface area contributed by atoms with Crippen LogP contribution in [0.3, 0.4) is 0 Å². The van der Waals surface area contributed by atoms with Crippen molar-refractivity contribution in [2.75, 3.05) is 43.5 Å². The molecule has 0 atom stereocenters. The molecule has 1 aliphatic heterocycles. The SMILES string of the molecule is COc1ccc(C(=O)N2CCN(c3ccc(NC(=O)C4CCCC4)cc3C(=O)NCc3ccc(F)cc3)CC2)cc1. The van der Waals surface area contributed by atoms with Crippen LogP contribution in [0.25, 0.3) is 0 Å². The monoisotopic (exact) mass is 558 g/mol. The van der Waals surface area contributed by atoms with Gasteiger partial charge in [0.25, 0.3) is 11.8 Å². The first-order chi connectivity index (χ1) is 19.9. The Morgan fingerprint density at radius 1 is 0.902 bits per heavy atom. The largest absolute Gasteiger partial charge is 0.497 e. The molecule has 3 aromatic rings. The molecule has 0 bridgehead atoms. The summed E-state index contributed by atoms with van der Waals surface area (Å²) in [6.07, 6.45) is 3.88. The molecule has 3 aromatic carbocycles. The lowest BCUT2D eigenvalue weighted by Gasteiger charge is -2.37. The number of carbonyl (C=O) groups is 3. The van der Waals surface area contributed by atoms with E-state index in [-0.39, 0.29) is 36.0 Å². The fourth-order valence-electron chi connectivity index (χ4n) is 5.45. The third kappa shape index (κ3) is 6.85. The van der Waals surface area contributed by atoms with Crippen molar-refractivity contribution < 1.29 is 23.5 Å². The molecule has 1 heterocycles. The van der Waals surface area contributed by atoms with E-state index in [4.69, 9.17) is 4.74 Å². The van der Waals surface area contributed by atoms with Crippen LogP contribution >= 0.6 is 0 Å². The standard InChI is InChI=1S/C32H35FN4O4/c1-41-27-13-8-24(9-14-27)32(40)37-18-16-36(17-19-37)29-15-12-26(35-30(38)23-4-2-3-5-23)20-28(29)31(39)34-21-22-6-10-25(33)11-7-22/h6-15,20,23H,2-5,16-19,21H2,1H3,(H,34,39)(H,35,38). The molecule has 0 spiro atoms. The molecular formula is C32H35FN4O4. The zero-order chi connectivity index (χ0) is 28.8. The Bertz CT molecular complexity index is 1380. The molecule has 0 unspecified atom stereocenters. The third-order valence-corrected chi connectivity index (χ3v) is 7.85. The number of carbonyl (C=O) groups excluding carboxylic acids is 3. The minimum atomic E-state index is -0.335. The fraction of sp³-hybridized carbons (Fsp3) is 0.344. The minimum Gasteiger partial charge on any atom is -0.497 e. The van der Waals surface area contributed by atoms with Crippen LogP contribution in [0.5, 0.6) is 5.75 Å². The van der Waals surface area contributed by atoms with Gasteiger partial charge in [-0.3, -0.25) is 14.4 Å². The van der Waals surface area contributed by atoms with Crippen molar-refractivity contribution in [1.29, 1.82) is 0 Å². The highest BCUT2D eigenvalue weighted by Gasteiger charge is 2.27. The van der Waals surface area contributed by atoms with E-state index in [0.717, 1.165) is 36.9 Å². The van der Waals surface area contributed by atoms with Gasteiger partial charge < -0.3 is 25.2 Å². The van der Waals surface area contributed by atoms with Crippen LogP contribution in [0.1, 0.15) is 52.0 Å². The summed E-state index contributed by atoms with van der Waals surface area (Å²) in [5, 5.41) is 5.93. The van der Waals surface area contributed by atoms with E-state index < -0.39 is 0 Å². The number of nitrogens with zero attached hydrogens (tertiary/aromatic N) is 2. The zero-order valence-corrected chi connectivity index (χ0v) is 23.2. The molecule has 1 saturated heterocycles. The maximum atomic E-state index is 13.5. The first-order valence-electron chi connectivity index (χ1n) is 14.1. The van der Waals surface area contributed by atoms with Gasteiger partial charge in [0.2, 0.25) is 5.91 Å². The van der Waals surface area contributed by atoms with E-state index in [9.17, 15) is 18.8 Å². The molecule has 2 N–H and O–H groups in total. The zero-order valence-electron chi connectivity index (χ0n) is 23.2. The van der Waals surface area contributed by atoms with Crippen LogP contribution in [0.2, 0.25) is 0 Å². The van der Waals surface area contributed by atoms with Crippen molar-refractivity contribution in [3.05, 3.63) is 89.2 Å². The summed E-state index contributed by atoms with van der Waals surface area (Å²) < 4.78 is 18.5. The van der Waals surface area contributed by atoms with Crippen molar-refractivity contribution in [1.82, 2.24) is 10.2 Å². The Balaban J connectivity index is 1.30. The highest BCUT2D eigenvalue weighted by Crippen LogP contribution is 2.29. The van der Waals surface area contributed by atoms with Crippen LogP contribution in [-0.2, 0) is 11.3 Å².